The Morgan fingerprint density at radius 2 is 1.79 bits per heavy atom. The van der Waals surface area contributed by atoms with Crippen LogP contribution in [-0.2, 0) is 11.3 Å². The SMILES string of the molecule is CC(C)C(=O)Nc1cncc(-c2ccc3[nH]nc(-c4nc5c(-c6cc(F)cc(CN7CCCC7)c6)cncc5[nH]4)c3c2)c1. The molecule has 0 atom stereocenters. The molecule has 0 bridgehead atoms. The maximum Gasteiger partial charge on any atom is 0.226 e. The predicted octanol–water partition coefficient (Wildman–Crippen LogP) is 6.56. The molecular weight excluding hydrogens is 543 g/mol. The smallest absolute Gasteiger partial charge is 0.226 e. The van der Waals surface area contributed by atoms with Gasteiger partial charge in [-0.1, -0.05) is 19.9 Å². The molecule has 0 aliphatic carbocycles. The molecule has 0 unspecified atom stereocenters. The van der Waals surface area contributed by atoms with Crippen LogP contribution in [0, 0.1) is 11.7 Å². The Morgan fingerprint density at radius 3 is 2.63 bits per heavy atom. The summed E-state index contributed by atoms with van der Waals surface area (Å²) in [4.78, 5) is 31.6. The van der Waals surface area contributed by atoms with E-state index in [1.807, 2.05) is 44.2 Å². The van der Waals surface area contributed by atoms with Gasteiger partial charge in [0.2, 0.25) is 5.91 Å². The molecule has 1 fully saturated rings. The molecular formula is C33H31FN8O. The number of carbonyl (C=O) groups is 1. The van der Waals surface area contributed by atoms with Crippen LogP contribution in [-0.4, -0.2) is 54.0 Å². The third-order valence-corrected chi connectivity index (χ3v) is 7.92. The van der Waals surface area contributed by atoms with Crippen molar-refractivity contribution in [1.29, 1.82) is 0 Å². The van der Waals surface area contributed by atoms with Crippen molar-refractivity contribution in [2.75, 3.05) is 18.4 Å². The Bertz CT molecular complexity index is 1970. The van der Waals surface area contributed by atoms with Crippen molar-refractivity contribution in [2.45, 2.75) is 33.2 Å². The van der Waals surface area contributed by atoms with Crippen LogP contribution >= 0.6 is 0 Å². The number of aromatic amines is 2. The zero-order valence-electron chi connectivity index (χ0n) is 24.0. The lowest BCUT2D eigenvalue weighted by Gasteiger charge is -2.15. The minimum absolute atomic E-state index is 0.0636. The Hall–Kier alpha value is -4.96. The van der Waals surface area contributed by atoms with E-state index in [9.17, 15) is 9.18 Å². The van der Waals surface area contributed by atoms with Crippen molar-refractivity contribution in [3.05, 3.63) is 78.6 Å². The molecule has 1 amide bonds. The molecule has 0 saturated carbocycles. The fourth-order valence-corrected chi connectivity index (χ4v) is 5.68. The Labute approximate surface area is 247 Å². The lowest BCUT2D eigenvalue weighted by atomic mass is 10.0. The normalized spacial score (nSPS) is 13.9. The van der Waals surface area contributed by atoms with Crippen molar-refractivity contribution in [3.8, 4) is 33.8 Å². The molecule has 10 heteroatoms. The van der Waals surface area contributed by atoms with E-state index in [4.69, 9.17) is 4.98 Å². The number of anilines is 1. The number of halogens is 1. The maximum absolute atomic E-state index is 14.8. The molecule has 5 heterocycles. The number of fused-ring (bicyclic) bond motifs is 2. The van der Waals surface area contributed by atoms with Gasteiger partial charge in [0.25, 0.3) is 0 Å². The van der Waals surface area contributed by atoms with E-state index in [2.05, 4.69) is 35.4 Å². The summed E-state index contributed by atoms with van der Waals surface area (Å²) in [5.74, 6) is 0.113. The molecule has 0 radical (unpaired) electrons. The molecule has 4 aromatic heterocycles. The largest absolute Gasteiger partial charge is 0.335 e. The highest BCUT2D eigenvalue weighted by molar-refractivity contribution is 5.98. The second-order valence-electron chi connectivity index (χ2n) is 11.4. The maximum atomic E-state index is 14.8. The zero-order chi connectivity index (χ0) is 29.5. The van der Waals surface area contributed by atoms with Gasteiger partial charge in [0.1, 0.15) is 11.5 Å². The molecule has 9 nitrogen and oxygen atoms in total. The van der Waals surface area contributed by atoms with Crippen LogP contribution in [0.15, 0.2) is 67.3 Å². The summed E-state index contributed by atoms with van der Waals surface area (Å²) in [7, 11) is 0. The Balaban J connectivity index is 1.25. The van der Waals surface area contributed by atoms with Gasteiger partial charge in [-0.25, -0.2) is 9.37 Å². The van der Waals surface area contributed by atoms with Crippen LogP contribution in [0.3, 0.4) is 0 Å². The van der Waals surface area contributed by atoms with Gasteiger partial charge < -0.3 is 10.3 Å². The average molecular weight is 575 g/mol. The molecule has 216 valence electrons. The van der Waals surface area contributed by atoms with E-state index in [0.29, 0.717) is 22.7 Å². The van der Waals surface area contributed by atoms with E-state index in [1.54, 1.807) is 36.9 Å². The Morgan fingerprint density at radius 1 is 0.953 bits per heavy atom. The number of hydrogen-bond donors (Lipinski definition) is 3. The third-order valence-electron chi connectivity index (χ3n) is 7.92. The summed E-state index contributed by atoms with van der Waals surface area (Å²) in [6.45, 7) is 6.51. The number of nitrogens with zero attached hydrogens (tertiary/aromatic N) is 5. The first kappa shape index (κ1) is 26.9. The number of imidazole rings is 1. The van der Waals surface area contributed by atoms with Crippen LogP contribution in [0.4, 0.5) is 10.1 Å². The standard InChI is InChI=1S/C33H31FN8O/c1-19(2)33(43)37-25-12-23(14-35-15-25)21-5-6-28-26(13-21)31(41-40-28)32-38-29-17-36-16-27(30(29)39-32)22-9-20(10-24(34)11-22)18-42-7-3-4-8-42/h5-6,9-17,19H,3-4,7-8,18H2,1-2H3,(H,37,43)(H,38,39)(H,40,41). The molecule has 1 saturated heterocycles. The number of benzene rings is 2. The summed E-state index contributed by atoms with van der Waals surface area (Å²) in [5, 5.41) is 11.5. The summed E-state index contributed by atoms with van der Waals surface area (Å²) in [5.41, 5.74) is 7.83. The van der Waals surface area contributed by atoms with Gasteiger partial charge >= 0.3 is 0 Å². The van der Waals surface area contributed by atoms with Gasteiger partial charge in [-0.3, -0.25) is 24.8 Å². The van der Waals surface area contributed by atoms with Crippen LogP contribution in [0.25, 0.3) is 55.7 Å². The number of amides is 1. The first-order valence-corrected chi connectivity index (χ1v) is 14.5. The molecule has 3 N–H and O–H groups in total. The fourth-order valence-electron chi connectivity index (χ4n) is 5.68. The first-order valence-electron chi connectivity index (χ1n) is 14.5. The molecule has 0 spiro atoms. The van der Waals surface area contributed by atoms with Gasteiger partial charge in [0.15, 0.2) is 5.82 Å². The lowest BCUT2D eigenvalue weighted by Crippen LogP contribution is -2.18. The quantitative estimate of drug-likeness (QED) is 0.199. The second kappa shape index (κ2) is 11.0. The van der Waals surface area contributed by atoms with E-state index in [-0.39, 0.29) is 17.6 Å². The van der Waals surface area contributed by atoms with Crippen molar-refractivity contribution in [2.24, 2.45) is 5.92 Å². The van der Waals surface area contributed by atoms with Crippen molar-refractivity contribution in [1.82, 2.24) is 35.0 Å². The minimum Gasteiger partial charge on any atom is -0.335 e. The second-order valence-corrected chi connectivity index (χ2v) is 11.4. The lowest BCUT2D eigenvalue weighted by molar-refractivity contribution is -0.118. The van der Waals surface area contributed by atoms with E-state index >= 15 is 0 Å². The fraction of sp³-hybridized carbons (Fsp3) is 0.242. The van der Waals surface area contributed by atoms with E-state index in [0.717, 1.165) is 63.9 Å². The number of pyridine rings is 2. The molecule has 1 aliphatic heterocycles. The van der Waals surface area contributed by atoms with Gasteiger partial charge in [-0.15, -0.1) is 0 Å². The number of H-pyrrole nitrogens is 2. The van der Waals surface area contributed by atoms with Crippen LogP contribution < -0.4 is 5.32 Å². The molecule has 43 heavy (non-hydrogen) atoms. The summed E-state index contributed by atoms with van der Waals surface area (Å²) in [6, 6.07) is 13.1. The van der Waals surface area contributed by atoms with Gasteiger partial charge in [0, 0.05) is 41.4 Å². The Kier molecular flexibility index (Phi) is 6.90. The summed E-state index contributed by atoms with van der Waals surface area (Å²) in [6.07, 6.45) is 9.24. The third kappa shape index (κ3) is 5.37. The highest BCUT2D eigenvalue weighted by Crippen LogP contribution is 2.34. The predicted molar refractivity (Wildman–Crippen MR) is 166 cm³/mol. The number of carbonyl (C=O) groups excluding carboxylic acids is 1. The highest BCUT2D eigenvalue weighted by atomic mass is 19.1. The van der Waals surface area contributed by atoms with E-state index in [1.165, 1.54) is 12.8 Å². The van der Waals surface area contributed by atoms with Crippen LogP contribution in [0.2, 0.25) is 0 Å². The molecule has 1 aliphatic rings. The van der Waals surface area contributed by atoms with Crippen LogP contribution in [0.5, 0.6) is 0 Å². The highest BCUT2D eigenvalue weighted by Gasteiger charge is 2.18. The monoisotopic (exact) mass is 574 g/mol. The van der Waals surface area contributed by atoms with Crippen molar-refractivity contribution >= 4 is 33.5 Å². The van der Waals surface area contributed by atoms with E-state index < -0.39 is 0 Å². The number of likely N-dealkylation sites (tertiary alicyclic amines) is 1. The number of nitrogens with one attached hydrogen (secondary N) is 3. The van der Waals surface area contributed by atoms with Gasteiger partial charge in [0.05, 0.1) is 34.6 Å². The first-order chi connectivity index (χ1) is 20.9. The van der Waals surface area contributed by atoms with Gasteiger partial charge in [-0.2, -0.15) is 5.10 Å². The zero-order valence-corrected chi connectivity index (χ0v) is 24.0. The number of rotatable bonds is 7. The van der Waals surface area contributed by atoms with Crippen molar-refractivity contribution < 1.29 is 9.18 Å². The number of hydrogen-bond acceptors (Lipinski definition) is 6. The van der Waals surface area contributed by atoms with Gasteiger partial charge in [-0.05, 0) is 79.0 Å². The van der Waals surface area contributed by atoms with Crippen LogP contribution in [0.1, 0.15) is 32.3 Å². The molecule has 6 aromatic rings. The van der Waals surface area contributed by atoms with Crippen molar-refractivity contribution in [3.63, 3.8) is 0 Å². The summed E-state index contributed by atoms with van der Waals surface area (Å²) < 4.78 is 14.8. The topological polar surface area (TPSA) is 115 Å². The molecule has 2 aromatic carbocycles. The minimum atomic E-state index is -0.271. The average Bonchev–Trinajstić information content (AvgIpc) is 3.76. The molecule has 7 rings (SSSR count). The number of aromatic nitrogens is 6. The summed E-state index contributed by atoms with van der Waals surface area (Å²) >= 11 is 0.